The van der Waals surface area contributed by atoms with Crippen LogP contribution in [0.3, 0.4) is 0 Å². The summed E-state index contributed by atoms with van der Waals surface area (Å²) in [6, 6.07) is 0.582. The van der Waals surface area contributed by atoms with E-state index in [4.69, 9.17) is 11.6 Å². The summed E-state index contributed by atoms with van der Waals surface area (Å²) in [5.74, 6) is 1.43. The number of anilines is 2. The molecule has 5 nitrogen and oxygen atoms in total. The number of halogens is 1. The van der Waals surface area contributed by atoms with Crippen LogP contribution in [0.5, 0.6) is 0 Å². The van der Waals surface area contributed by atoms with E-state index < -0.39 is 0 Å². The van der Waals surface area contributed by atoms with Gasteiger partial charge < -0.3 is 15.1 Å². The molecule has 0 radical (unpaired) electrons. The van der Waals surface area contributed by atoms with E-state index >= 15 is 0 Å². The lowest BCUT2D eigenvalue weighted by atomic mass is 10.2. The van der Waals surface area contributed by atoms with E-state index in [0.717, 1.165) is 18.9 Å². The zero-order valence-electron chi connectivity index (χ0n) is 11.9. The Balaban J connectivity index is 2.08. The van der Waals surface area contributed by atoms with Gasteiger partial charge in [-0.15, -0.1) is 0 Å². The summed E-state index contributed by atoms with van der Waals surface area (Å²) >= 11 is 6.21. The molecular weight excluding hydrogens is 262 g/mol. The fraction of sp³-hybridized carbons (Fsp3) is 0.692. The lowest BCUT2D eigenvalue weighted by Crippen LogP contribution is -2.37. The first kappa shape index (κ1) is 14.3. The quantitative estimate of drug-likeness (QED) is 0.896. The molecule has 2 heterocycles. The molecule has 0 saturated carbocycles. The SMILES string of the molecule is CCNc1ncc(Cl)c(N(C)CC2CCCN2C)n1. The van der Waals surface area contributed by atoms with Crippen molar-refractivity contribution in [2.75, 3.05) is 43.9 Å². The maximum absolute atomic E-state index is 6.21. The maximum atomic E-state index is 6.21. The fourth-order valence-electron chi connectivity index (χ4n) is 2.48. The number of likely N-dealkylation sites (tertiary alicyclic amines) is 1. The topological polar surface area (TPSA) is 44.3 Å². The molecule has 1 aromatic rings. The van der Waals surface area contributed by atoms with Crippen molar-refractivity contribution in [2.24, 2.45) is 0 Å². The second-order valence-electron chi connectivity index (χ2n) is 5.05. The second-order valence-corrected chi connectivity index (χ2v) is 5.46. The average molecular weight is 284 g/mol. The van der Waals surface area contributed by atoms with Gasteiger partial charge in [0, 0.05) is 26.2 Å². The Kier molecular flexibility index (Phi) is 4.82. The van der Waals surface area contributed by atoms with Crippen molar-refractivity contribution in [1.29, 1.82) is 0 Å². The van der Waals surface area contributed by atoms with Crippen LogP contribution in [0.1, 0.15) is 19.8 Å². The first-order valence-corrected chi connectivity index (χ1v) is 7.17. The Labute approximate surface area is 120 Å². The first-order chi connectivity index (χ1) is 9.11. The predicted octanol–water partition coefficient (Wildman–Crippen LogP) is 2.09. The molecule has 1 N–H and O–H groups in total. The van der Waals surface area contributed by atoms with E-state index in [9.17, 15) is 0 Å². The largest absolute Gasteiger partial charge is 0.357 e. The maximum Gasteiger partial charge on any atom is 0.224 e. The van der Waals surface area contributed by atoms with Crippen molar-refractivity contribution in [1.82, 2.24) is 14.9 Å². The van der Waals surface area contributed by atoms with Crippen molar-refractivity contribution in [2.45, 2.75) is 25.8 Å². The number of aromatic nitrogens is 2. The average Bonchev–Trinajstić information content (AvgIpc) is 2.77. The number of nitrogens with zero attached hydrogens (tertiary/aromatic N) is 4. The fourth-order valence-corrected chi connectivity index (χ4v) is 2.72. The molecule has 1 atom stereocenters. The highest BCUT2D eigenvalue weighted by Gasteiger charge is 2.23. The summed E-state index contributed by atoms with van der Waals surface area (Å²) in [6.45, 7) is 4.95. The molecule has 106 valence electrons. The zero-order valence-corrected chi connectivity index (χ0v) is 12.6. The number of rotatable bonds is 5. The van der Waals surface area contributed by atoms with Gasteiger partial charge in [0.1, 0.15) is 5.02 Å². The van der Waals surface area contributed by atoms with Crippen LogP contribution in [0.25, 0.3) is 0 Å². The van der Waals surface area contributed by atoms with Crippen molar-refractivity contribution >= 4 is 23.4 Å². The van der Waals surface area contributed by atoms with Gasteiger partial charge in [0.25, 0.3) is 0 Å². The smallest absolute Gasteiger partial charge is 0.224 e. The molecule has 0 bridgehead atoms. The van der Waals surface area contributed by atoms with Crippen LogP contribution in [-0.2, 0) is 0 Å². The van der Waals surface area contributed by atoms with E-state index in [-0.39, 0.29) is 0 Å². The molecule has 1 unspecified atom stereocenters. The van der Waals surface area contributed by atoms with Crippen LogP contribution in [0.2, 0.25) is 5.02 Å². The van der Waals surface area contributed by atoms with Gasteiger partial charge in [-0.3, -0.25) is 0 Å². The Bertz CT molecular complexity index is 425. The van der Waals surface area contributed by atoms with Gasteiger partial charge >= 0.3 is 0 Å². The second kappa shape index (κ2) is 6.39. The number of hydrogen-bond acceptors (Lipinski definition) is 5. The van der Waals surface area contributed by atoms with Crippen LogP contribution >= 0.6 is 11.6 Å². The summed E-state index contributed by atoms with van der Waals surface area (Å²) < 4.78 is 0. The summed E-state index contributed by atoms with van der Waals surface area (Å²) in [6.07, 6.45) is 4.18. The molecule has 19 heavy (non-hydrogen) atoms. The van der Waals surface area contributed by atoms with Gasteiger partial charge in [0.05, 0.1) is 6.20 Å². The molecule has 0 aliphatic carbocycles. The molecule has 1 aliphatic heterocycles. The molecule has 6 heteroatoms. The minimum Gasteiger partial charge on any atom is -0.357 e. The lowest BCUT2D eigenvalue weighted by Gasteiger charge is -2.27. The van der Waals surface area contributed by atoms with Crippen LogP contribution in [0, 0.1) is 0 Å². The Hall–Kier alpha value is -1.07. The van der Waals surface area contributed by atoms with Crippen molar-refractivity contribution in [3.05, 3.63) is 11.2 Å². The van der Waals surface area contributed by atoms with Gasteiger partial charge in [-0.25, -0.2) is 4.98 Å². The molecule has 0 amide bonds. The highest BCUT2D eigenvalue weighted by Crippen LogP contribution is 2.24. The van der Waals surface area contributed by atoms with Crippen molar-refractivity contribution in [3.8, 4) is 0 Å². The standard InChI is InChI=1S/C13H22ClN5/c1-4-15-13-16-8-11(14)12(17-13)19(3)9-10-6-5-7-18(10)2/h8,10H,4-7,9H2,1-3H3,(H,15,16,17). The highest BCUT2D eigenvalue weighted by molar-refractivity contribution is 6.32. The Morgan fingerprint density at radius 1 is 1.58 bits per heavy atom. The van der Waals surface area contributed by atoms with Gasteiger partial charge in [-0.05, 0) is 33.4 Å². The molecular formula is C13H22ClN5. The minimum absolute atomic E-state index is 0.582. The third-order valence-electron chi connectivity index (χ3n) is 3.58. The van der Waals surface area contributed by atoms with Crippen LogP contribution in [-0.4, -0.2) is 54.6 Å². The van der Waals surface area contributed by atoms with Crippen LogP contribution in [0.4, 0.5) is 11.8 Å². The normalized spacial score (nSPS) is 19.7. The minimum atomic E-state index is 0.582. The third-order valence-corrected chi connectivity index (χ3v) is 3.84. The molecule has 1 fully saturated rings. The third kappa shape index (κ3) is 3.48. The predicted molar refractivity (Wildman–Crippen MR) is 80.1 cm³/mol. The Morgan fingerprint density at radius 2 is 2.37 bits per heavy atom. The summed E-state index contributed by atoms with van der Waals surface area (Å²) in [4.78, 5) is 13.2. The van der Waals surface area contributed by atoms with E-state index in [1.807, 2.05) is 14.0 Å². The van der Waals surface area contributed by atoms with E-state index in [1.165, 1.54) is 19.4 Å². The first-order valence-electron chi connectivity index (χ1n) is 6.79. The van der Waals surface area contributed by atoms with Crippen LogP contribution in [0.15, 0.2) is 6.20 Å². The molecule has 2 rings (SSSR count). The van der Waals surface area contributed by atoms with E-state index in [2.05, 4.69) is 32.1 Å². The summed E-state index contributed by atoms with van der Waals surface area (Å²) in [5, 5.41) is 3.72. The molecule has 1 aliphatic rings. The highest BCUT2D eigenvalue weighted by atomic mass is 35.5. The zero-order chi connectivity index (χ0) is 13.8. The molecule has 0 spiro atoms. The molecule has 0 aromatic carbocycles. The van der Waals surface area contributed by atoms with E-state index in [0.29, 0.717) is 17.0 Å². The van der Waals surface area contributed by atoms with Crippen molar-refractivity contribution in [3.63, 3.8) is 0 Å². The number of hydrogen-bond donors (Lipinski definition) is 1. The lowest BCUT2D eigenvalue weighted by molar-refractivity contribution is 0.314. The number of nitrogens with one attached hydrogen (secondary N) is 1. The van der Waals surface area contributed by atoms with Gasteiger partial charge in [0.15, 0.2) is 5.82 Å². The summed E-state index contributed by atoms with van der Waals surface area (Å²) in [7, 11) is 4.22. The number of likely N-dealkylation sites (N-methyl/N-ethyl adjacent to an activating group) is 2. The van der Waals surface area contributed by atoms with Gasteiger partial charge in [-0.2, -0.15) is 4.98 Å². The molecule has 1 aromatic heterocycles. The monoisotopic (exact) mass is 283 g/mol. The molecule has 1 saturated heterocycles. The Morgan fingerprint density at radius 3 is 3.00 bits per heavy atom. The van der Waals surface area contributed by atoms with Gasteiger partial charge in [-0.1, -0.05) is 11.6 Å². The van der Waals surface area contributed by atoms with E-state index in [1.54, 1.807) is 6.20 Å². The van der Waals surface area contributed by atoms with Crippen molar-refractivity contribution < 1.29 is 0 Å². The summed E-state index contributed by atoms with van der Waals surface area (Å²) in [5.41, 5.74) is 0. The van der Waals surface area contributed by atoms with Crippen LogP contribution < -0.4 is 10.2 Å². The van der Waals surface area contributed by atoms with Gasteiger partial charge in [0.2, 0.25) is 5.95 Å².